The van der Waals surface area contributed by atoms with Gasteiger partial charge in [0.15, 0.2) is 0 Å². The number of nitrogens with zero attached hydrogens (tertiary/aromatic N) is 1. The van der Waals surface area contributed by atoms with Gasteiger partial charge in [-0.1, -0.05) is 12.2 Å². The van der Waals surface area contributed by atoms with Crippen LogP contribution in [0.2, 0.25) is 0 Å². The summed E-state index contributed by atoms with van der Waals surface area (Å²) in [5, 5.41) is 9.16. The topological polar surface area (TPSA) is 66.8 Å². The molecule has 0 heterocycles. The van der Waals surface area contributed by atoms with Gasteiger partial charge in [-0.25, -0.2) is 0 Å². The number of carboxylic acid groups (broad SMARTS) is 1. The molecule has 5 heteroatoms. The summed E-state index contributed by atoms with van der Waals surface area (Å²) < 4.78 is 5.40. The number of ether oxygens (including phenoxy) is 1. The van der Waals surface area contributed by atoms with E-state index in [9.17, 15) is 9.59 Å². The van der Waals surface area contributed by atoms with Gasteiger partial charge in [0.05, 0.1) is 24.5 Å². The predicted octanol–water partition coefficient (Wildman–Crippen LogP) is 1.54. The van der Waals surface area contributed by atoms with Crippen molar-refractivity contribution >= 4 is 11.9 Å². The molecule has 0 radical (unpaired) electrons. The molecule has 0 aromatic rings. The number of allylic oxidation sites excluding steroid dienone is 2. The maximum atomic E-state index is 12.3. The number of carbonyl (C=O) groups excluding carboxylic acids is 1. The van der Waals surface area contributed by atoms with Gasteiger partial charge in [-0.05, 0) is 26.7 Å². The lowest BCUT2D eigenvalue weighted by Crippen LogP contribution is -2.41. The van der Waals surface area contributed by atoms with Crippen molar-refractivity contribution in [3.8, 4) is 0 Å². The van der Waals surface area contributed by atoms with Crippen molar-refractivity contribution in [1.82, 2.24) is 4.90 Å². The lowest BCUT2D eigenvalue weighted by Gasteiger charge is -2.28. The van der Waals surface area contributed by atoms with Crippen molar-refractivity contribution in [1.29, 1.82) is 0 Å². The zero-order valence-corrected chi connectivity index (χ0v) is 11.8. The Morgan fingerprint density at radius 3 is 2.42 bits per heavy atom. The first-order valence-corrected chi connectivity index (χ1v) is 6.67. The third-order valence-corrected chi connectivity index (χ3v) is 3.32. The Hall–Kier alpha value is -1.36. The first-order valence-electron chi connectivity index (χ1n) is 6.67. The highest BCUT2D eigenvalue weighted by atomic mass is 16.5. The number of aliphatic carboxylic acids is 1. The second-order valence-electron chi connectivity index (χ2n) is 5.17. The molecule has 0 bridgehead atoms. The molecular formula is C14H23NO4. The van der Waals surface area contributed by atoms with Gasteiger partial charge >= 0.3 is 5.97 Å². The van der Waals surface area contributed by atoms with Crippen molar-refractivity contribution in [2.24, 2.45) is 11.8 Å². The smallest absolute Gasteiger partial charge is 0.307 e. The van der Waals surface area contributed by atoms with Gasteiger partial charge in [-0.2, -0.15) is 0 Å². The number of hydrogen-bond donors (Lipinski definition) is 1. The monoisotopic (exact) mass is 269 g/mol. The van der Waals surface area contributed by atoms with E-state index in [1.165, 1.54) is 0 Å². The number of carbonyl (C=O) groups is 2. The molecule has 0 aromatic heterocycles. The van der Waals surface area contributed by atoms with E-state index in [1.54, 1.807) is 11.9 Å². The zero-order valence-electron chi connectivity index (χ0n) is 11.8. The molecule has 1 rings (SSSR count). The van der Waals surface area contributed by atoms with Crippen LogP contribution in [0.5, 0.6) is 0 Å². The summed E-state index contributed by atoms with van der Waals surface area (Å²) in [6, 6.07) is 0. The normalized spacial score (nSPS) is 22.5. The Morgan fingerprint density at radius 2 is 1.89 bits per heavy atom. The summed E-state index contributed by atoms with van der Waals surface area (Å²) in [4.78, 5) is 25.0. The number of likely N-dealkylation sites (N-methyl/N-ethyl adjacent to an activating group) is 1. The van der Waals surface area contributed by atoms with E-state index in [1.807, 2.05) is 26.0 Å². The minimum absolute atomic E-state index is 0.107. The van der Waals surface area contributed by atoms with Crippen LogP contribution < -0.4 is 0 Å². The van der Waals surface area contributed by atoms with Gasteiger partial charge in [0, 0.05) is 13.6 Å². The molecule has 0 spiro atoms. The molecule has 0 saturated carbocycles. The number of rotatable bonds is 6. The van der Waals surface area contributed by atoms with Crippen LogP contribution in [0, 0.1) is 11.8 Å². The minimum Gasteiger partial charge on any atom is -0.481 e. The van der Waals surface area contributed by atoms with Gasteiger partial charge in [0.1, 0.15) is 0 Å². The van der Waals surface area contributed by atoms with Crippen LogP contribution in [0.3, 0.4) is 0 Å². The summed E-state index contributed by atoms with van der Waals surface area (Å²) in [7, 11) is 1.70. The number of carboxylic acids is 1. The van der Waals surface area contributed by atoms with Crippen molar-refractivity contribution < 1.29 is 19.4 Å². The predicted molar refractivity (Wildman–Crippen MR) is 71.7 cm³/mol. The largest absolute Gasteiger partial charge is 0.481 e. The first-order chi connectivity index (χ1) is 8.93. The van der Waals surface area contributed by atoms with Gasteiger partial charge in [-0.15, -0.1) is 0 Å². The van der Waals surface area contributed by atoms with Crippen LogP contribution in [-0.4, -0.2) is 48.2 Å². The highest BCUT2D eigenvalue weighted by molar-refractivity contribution is 5.85. The standard InChI is InChI=1S/C14H23NO4/c1-10(2)19-9-8-15(3)13(16)11-6-4-5-7-12(11)14(17)18/h4-5,10-12H,6-9H2,1-3H3,(H,17,18). The molecule has 2 atom stereocenters. The van der Waals surface area contributed by atoms with Crippen molar-refractivity contribution in [2.45, 2.75) is 32.8 Å². The van der Waals surface area contributed by atoms with Crippen molar-refractivity contribution in [3.63, 3.8) is 0 Å². The molecule has 0 aliphatic heterocycles. The molecule has 1 aliphatic carbocycles. The molecule has 1 aliphatic rings. The molecule has 0 fully saturated rings. The quantitative estimate of drug-likeness (QED) is 0.743. The van der Waals surface area contributed by atoms with Gasteiger partial charge in [0.25, 0.3) is 0 Å². The minimum atomic E-state index is -0.894. The Bertz CT molecular complexity index is 351. The highest BCUT2D eigenvalue weighted by Gasteiger charge is 2.35. The van der Waals surface area contributed by atoms with Crippen molar-refractivity contribution in [3.05, 3.63) is 12.2 Å². The fourth-order valence-corrected chi connectivity index (χ4v) is 2.18. The summed E-state index contributed by atoms with van der Waals surface area (Å²) in [6.07, 6.45) is 4.80. The molecule has 1 amide bonds. The summed E-state index contributed by atoms with van der Waals surface area (Å²) in [5.41, 5.74) is 0. The molecule has 0 aromatic carbocycles. The van der Waals surface area contributed by atoms with Gasteiger partial charge in [-0.3, -0.25) is 9.59 Å². The van der Waals surface area contributed by atoms with Gasteiger partial charge in [0.2, 0.25) is 5.91 Å². The molecule has 0 saturated heterocycles. The van der Waals surface area contributed by atoms with Crippen LogP contribution in [0.25, 0.3) is 0 Å². The van der Waals surface area contributed by atoms with Crippen LogP contribution in [-0.2, 0) is 14.3 Å². The fourth-order valence-electron chi connectivity index (χ4n) is 2.18. The first kappa shape index (κ1) is 15.7. The Balaban J connectivity index is 2.54. The third-order valence-electron chi connectivity index (χ3n) is 3.32. The highest BCUT2D eigenvalue weighted by Crippen LogP contribution is 2.27. The SMILES string of the molecule is CC(C)OCCN(C)C(=O)C1CC=CCC1C(=O)O. The summed E-state index contributed by atoms with van der Waals surface area (Å²) >= 11 is 0. The maximum absolute atomic E-state index is 12.3. The molecule has 2 unspecified atom stereocenters. The fraction of sp³-hybridized carbons (Fsp3) is 0.714. The molecular weight excluding hydrogens is 246 g/mol. The molecule has 5 nitrogen and oxygen atoms in total. The van der Waals surface area contributed by atoms with E-state index < -0.39 is 17.8 Å². The van der Waals surface area contributed by atoms with Crippen molar-refractivity contribution in [2.75, 3.05) is 20.2 Å². The average Bonchev–Trinajstić information content (AvgIpc) is 2.37. The van der Waals surface area contributed by atoms with Crippen LogP contribution in [0.1, 0.15) is 26.7 Å². The molecule has 19 heavy (non-hydrogen) atoms. The van der Waals surface area contributed by atoms with Gasteiger partial charge < -0.3 is 14.7 Å². The Labute approximate surface area is 114 Å². The zero-order chi connectivity index (χ0) is 14.4. The summed E-state index contributed by atoms with van der Waals surface area (Å²) in [5.74, 6) is -2.06. The van der Waals surface area contributed by atoms with Crippen LogP contribution >= 0.6 is 0 Å². The van der Waals surface area contributed by atoms with E-state index in [2.05, 4.69) is 0 Å². The van der Waals surface area contributed by atoms with Crippen LogP contribution in [0.15, 0.2) is 12.2 Å². The second-order valence-corrected chi connectivity index (χ2v) is 5.17. The number of amides is 1. The maximum Gasteiger partial charge on any atom is 0.307 e. The number of hydrogen-bond acceptors (Lipinski definition) is 3. The average molecular weight is 269 g/mol. The third kappa shape index (κ3) is 4.67. The molecule has 1 N–H and O–H groups in total. The van der Waals surface area contributed by atoms with E-state index in [0.717, 1.165) is 0 Å². The molecule has 108 valence electrons. The lowest BCUT2D eigenvalue weighted by atomic mass is 9.82. The van der Waals surface area contributed by atoms with E-state index in [4.69, 9.17) is 9.84 Å². The second kappa shape index (κ2) is 7.28. The Kier molecular flexibility index (Phi) is 6.02. The van der Waals surface area contributed by atoms with E-state index in [0.29, 0.717) is 26.0 Å². The van der Waals surface area contributed by atoms with Crippen LogP contribution in [0.4, 0.5) is 0 Å². The summed E-state index contributed by atoms with van der Waals surface area (Å²) in [6.45, 7) is 4.84. The lowest BCUT2D eigenvalue weighted by molar-refractivity contribution is -0.150. The van der Waals surface area contributed by atoms with E-state index in [-0.39, 0.29) is 12.0 Å². The Morgan fingerprint density at radius 1 is 1.32 bits per heavy atom. The van der Waals surface area contributed by atoms with E-state index >= 15 is 0 Å².